The Hall–Kier alpha value is -2.54. The van der Waals surface area contributed by atoms with Gasteiger partial charge in [0, 0.05) is 21.9 Å². The van der Waals surface area contributed by atoms with Gasteiger partial charge in [-0.3, -0.25) is 9.59 Å². The van der Waals surface area contributed by atoms with Crippen molar-refractivity contribution in [3.63, 3.8) is 0 Å². The number of carbonyl (C=O) groups is 2. The number of rotatable bonds is 5. The molecule has 1 aromatic heterocycles. The number of benzene rings is 1. The van der Waals surface area contributed by atoms with Crippen molar-refractivity contribution in [2.75, 3.05) is 5.32 Å². The highest BCUT2D eigenvalue weighted by atomic mass is 79.9. The van der Waals surface area contributed by atoms with Crippen LogP contribution in [0.15, 0.2) is 58.2 Å². The van der Waals surface area contributed by atoms with E-state index in [0.29, 0.717) is 17.1 Å². The smallest absolute Gasteiger partial charge is 0.271 e. The molecule has 118 valence electrons. The topological polar surface area (TPSA) is 83.4 Å². The normalized spacial score (nSPS) is 11.0. The van der Waals surface area contributed by atoms with Gasteiger partial charge in [0.15, 0.2) is 0 Å². The number of aromatic nitrogens is 1. The number of amides is 2. The standard InChI is InChI=1S/C16H15BrN4O2/c1-11(10-15(22)19-14-4-2-3-9-18-14)20-21-16(23)12-5-7-13(17)8-6-12/h2-9H,10H2,1H3,(H,21,23)(H,18,19,22). The minimum atomic E-state index is -0.331. The van der Waals surface area contributed by atoms with Gasteiger partial charge in [-0.15, -0.1) is 0 Å². The molecule has 2 rings (SSSR count). The van der Waals surface area contributed by atoms with Crippen molar-refractivity contribution < 1.29 is 9.59 Å². The molecule has 0 spiro atoms. The van der Waals surface area contributed by atoms with E-state index in [1.807, 2.05) is 0 Å². The number of hydrazone groups is 1. The number of pyridine rings is 1. The maximum Gasteiger partial charge on any atom is 0.271 e. The van der Waals surface area contributed by atoms with Crippen molar-refractivity contribution in [1.82, 2.24) is 10.4 Å². The largest absolute Gasteiger partial charge is 0.310 e. The lowest BCUT2D eigenvalue weighted by molar-refractivity contribution is -0.115. The minimum Gasteiger partial charge on any atom is -0.310 e. The van der Waals surface area contributed by atoms with E-state index in [2.05, 4.69) is 36.8 Å². The maximum atomic E-state index is 11.9. The number of hydrogen-bond acceptors (Lipinski definition) is 4. The Morgan fingerprint density at radius 1 is 1.17 bits per heavy atom. The van der Waals surface area contributed by atoms with Gasteiger partial charge in [-0.05, 0) is 43.3 Å². The van der Waals surface area contributed by atoms with Crippen molar-refractivity contribution in [2.45, 2.75) is 13.3 Å². The van der Waals surface area contributed by atoms with Gasteiger partial charge < -0.3 is 5.32 Å². The Morgan fingerprint density at radius 3 is 2.57 bits per heavy atom. The second-order valence-corrected chi connectivity index (χ2v) is 5.65. The summed E-state index contributed by atoms with van der Waals surface area (Å²) in [6.07, 6.45) is 1.66. The quantitative estimate of drug-likeness (QED) is 0.623. The van der Waals surface area contributed by atoms with E-state index in [0.717, 1.165) is 4.47 Å². The monoisotopic (exact) mass is 374 g/mol. The Bertz CT molecular complexity index is 715. The molecule has 1 heterocycles. The first-order valence-electron chi connectivity index (χ1n) is 6.84. The molecule has 7 heteroatoms. The summed E-state index contributed by atoms with van der Waals surface area (Å²) in [6, 6.07) is 12.1. The van der Waals surface area contributed by atoms with Gasteiger partial charge in [0.1, 0.15) is 5.82 Å². The summed E-state index contributed by atoms with van der Waals surface area (Å²) in [5, 5.41) is 6.58. The first-order valence-corrected chi connectivity index (χ1v) is 7.64. The zero-order valence-electron chi connectivity index (χ0n) is 12.4. The highest BCUT2D eigenvalue weighted by Gasteiger charge is 2.07. The van der Waals surface area contributed by atoms with Crippen LogP contribution in [0, 0.1) is 0 Å². The van der Waals surface area contributed by atoms with Crippen LogP contribution in [0.2, 0.25) is 0 Å². The van der Waals surface area contributed by atoms with E-state index < -0.39 is 0 Å². The van der Waals surface area contributed by atoms with Crippen molar-refractivity contribution in [2.24, 2.45) is 5.10 Å². The molecule has 0 atom stereocenters. The third kappa shape index (κ3) is 5.63. The van der Waals surface area contributed by atoms with Crippen LogP contribution < -0.4 is 10.7 Å². The van der Waals surface area contributed by atoms with Crippen LogP contribution in [0.1, 0.15) is 23.7 Å². The molecule has 0 aliphatic heterocycles. The highest BCUT2D eigenvalue weighted by Crippen LogP contribution is 2.10. The molecule has 0 fully saturated rings. The van der Waals surface area contributed by atoms with Crippen LogP contribution in [-0.2, 0) is 4.79 Å². The molecular weight excluding hydrogens is 360 g/mol. The van der Waals surface area contributed by atoms with Crippen LogP contribution in [0.4, 0.5) is 5.82 Å². The zero-order valence-corrected chi connectivity index (χ0v) is 14.0. The Morgan fingerprint density at radius 2 is 1.91 bits per heavy atom. The third-order valence-electron chi connectivity index (χ3n) is 2.80. The van der Waals surface area contributed by atoms with Gasteiger partial charge in [0.2, 0.25) is 5.91 Å². The lowest BCUT2D eigenvalue weighted by atomic mass is 10.2. The van der Waals surface area contributed by atoms with E-state index in [9.17, 15) is 9.59 Å². The van der Waals surface area contributed by atoms with Gasteiger partial charge in [-0.2, -0.15) is 5.10 Å². The van der Waals surface area contributed by atoms with E-state index in [4.69, 9.17) is 0 Å². The second-order valence-electron chi connectivity index (χ2n) is 4.73. The van der Waals surface area contributed by atoms with Crippen LogP contribution in [0.25, 0.3) is 0 Å². The summed E-state index contributed by atoms with van der Waals surface area (Å²) in [4.78, 5) is 27.7. The van der Waals surface area contributed by atoms with Gasteiger partial charge in [0.05, 0.1) is 6.42 Å². The summed E-state index contributed by atoms with van der Waals surface area (Å²) < 4.78 is 0.889. The molecule has 0 saturated heterocycles. The van der Waals surface area contributed by atoms with Crippen molar-refractivity contribution in [3.8, 4) is 0 Å². The van der Waals surface area contributed by atoms with Crippen LogP contribution in [0.3, 0.4) is 0 Å². The molecule has 2 aromatic rings. The van der Waals surface area contributed by atoms with E-state index in [1.54, 1.807) is 55.6 Å². The fourth-order valence-electron chi connectivity index (χ4n) is 1.71. The first-order chi connectivity index (χ1) is 11.0. The predicted octanol–water partition coefficient (Wildman–Crippen LogP) is 2.98. The summed E-state index contributed by atoms with van der Waals surface area (Å²) >= 11 is 3.30. The van der Waals surface area contributed by atoms with Gasteiger partial charge >= 0.3 is 0 Å². The zero-order chi connectivity index (χ0) is 16.7. The van der Waals surface area contributed by atoms with Crippen LogP contribution in [-0.4, -0.2) is 22.5 Å². The fourth-order valence-corrected chi connectivity index (χ4v) is 1.97. The van der Waals surface area contributed by atoms with Gasteiger partial charge in [0.25, 0.3) is 5.91 Å². The number of nitrogens with zero attached hydrogens (tertiary/aromatic N) is 2. The molecule has 0 saturated carbocycles. The second kappa shape index (κ2) is 8.19. The molecule has 0 unspecified atom stereocenters. The van der Waals surface area contributed by atoms with E-state index >= 15 is 0 Å². The lowest BCUT2D eigenvalue weighted by Gasteiger charge is -2.04. The minimum absolute atomic E-state index is 0.0667. The Labute approximate surface area is 142 Å². The summed E-state index contributed by atoms with van der Waals surface area (Å²) in [5.41, 5.74) is 3.40. The van der Waals surface area contributed by atoms with Crippen molar-refractivity contribution >= 4 is 39.3 Å². The molecule has 6 nitrogen and oxygen atoms in total. The van der Waals surface area contributed by atoms with Crippen LogP contribution in [0.5, 0.6) is 0 Å². The summed E-state index contributed by atoms with van der Waals surface area (Å²) in [5.74, 6) is -0.103. The van der Waals surface area contributed by atoms with Gasteiger partial charge in [-0.1, -0.05) is 22.0 Å². The molecular formula is C16H15BrN4O2. The lowest BCUT2D eigenvalue weighted by Crippen LogP contribution is -2.21. The molecule has 2 amide bonds. The number of carbonyl (C=O) groups excluding carboxylic acids is 2. The van der Waals surface area contributed by atoms with Crippen molar-refractivity contribution in [1.29, 1.82) is 0 Å². The predicted molar refractivity (Wildman–Crippen MR) is 92.2 cm³/mol. The molecule has 1 aromatic carbocycles. The molecule has 2 N–H and O–H groups in total. The average molecular weight is 375 g/mol. The highest BCUT2D eigenvalue weighted by molar-refractivity contribution is 9.10. The fraction of sp³-hybridized carbons (Fsp3) is 0.125. The summed E-state index contributed by atoms with van der Waals surface area (Å²) in [6.45, 7) is 1.67. The molecule has 0 bridgehead atoms. The Kier molecular flexibility index (Phi) is 5.99. The van der Waals surface area contributed by atoms with E-state index in [1.165, 1.54) is 0 Å². The first kappa shape index (κ1) is 16.8. The van der Waals surface area contributed by atoms with Crippen molar-refractivity contribution in [3.05, 3.63) is 58.7 Å². The van der Waals surface area contributed by atoms with E-state index in [-0.39, 0.29) is 18.2 Å². The SMILES string of the molecule is CC(CC(=O)Nc1ccccn1)=NNC(=O)c1ccc(Br)cc1. The number of nitrogens with one attached hydrogen (secondary N) is 2. The van der Waals surface area contributed by atoms with Crippen LogP contribution >= 0.6 is 15.9 Å². The molecule has 23 heavy (non-hydrogen) atoms. The Balaban J connectivity index is 1.86. The molecule has 0 aliphatic rings. The molecule has 0 radical (unpaired) electrons. The number of hydrogen-bond donors (Lipinski definition) is 2. The maximum absolute atomic E-state index is 11.9. The number of halogens is 1. The molecule has 0 aliphatic carbocycles. The van der Waals surface area contributed by atoms with Gasteiger partial charge in [-0.25, -0.2) is 10.4 Å². The average Bonchev–Trinajstić information content (AvgIpc) is 2.54. The third-order valence-corrected chi connectivity index (χ3v) is 3.33. The number of anilines is 1. The summed E-state index contributed by atoms with van der Waals surface area (Å²) in [7, 11) is 0.